The number of H-pyrrole nitrogens is 2. The average molecular weight is 530 g/mol. The summed E-state index contributed by atoms with van der Waals surface area (Å²) in [5.41, 5.74) is 0.699. The van der Waals surface area contributed by atoms with Crippen LogP contribution in [0, 0.1) is 5.92 Å². The smallest absolute Gasteiger partial charge is 0.325 e. The molecule has 2 aromatic rings. The van der Waals surface area contributed by atoms with Crippen LogP contribution in [0.2, 0.25) is 10.0 Å². The van der Waals surface area contributed by atoms with Crippen LogP contribution in [0.5, 0.6) is 0 Å². The Balaban J connectivity index is 1.60. The quantitative estimate of drug-likeness (QED) is 0.567. The second kappa shape index (κ2) is 9.82. The monoisotopic (exact) mass is 529 g/mol. The van der Waals surface area contributed by atoms with Gasteiger partial charge in [0.15, 0.2) is 5.78 Å². The lowest BCUT2D eigenvalue weighted by Crippen LogP contribution is -2.41. The van der Waals surface area contributed by atoms with Gasteiger partial charge in [0.2, 0.25) is 0 Å². The highest BCUT2D eigenvalue weighted by Gasteiger charge is 2.46. The van der Waals surface area contributed by atoms with Crippen molar-refractivity contribution in [1.29, 1.82) is 0 Å². The zero-order chi connectivity index (χ0) is 25.6. The molecule has 10 heteroatoms. The van der Waals surface area contributed by atoms with E-state index in [2.05, 4.69) is 9.97 Å². The molecule has 3 unspecified atom stereocenters. The number of benzene rings is 1. The van der Waals surface area contributed by atoms with E-state index < -0.39 is 29.1 Å². The number of halogens is 2. The number of rotatable bonds is 4. The zero-order valence-corrected chi connectivity index (χ0v) is 21.1. The normalized spacial score (nSPS) is 24.5. The van der Waals surface area contributed by atoms with E-state index in [0.29, 0.717) is 39.0 Å². The molecule has 8 nitrogen and oxygen atoms in total. The van der Waals surface area contributed by atoms with E-state index in [4.69, 9.17) is 32.9 Å². The Hall–Kier alpha value is -2.97. The highest BCUT2D eigenvalue weighted by Crippen LogP contribution is 2.48. The molecule has 2 N–H and O–H groups in total. The summed E-state index contributed by atoms with van der Waals surface area (Å²) < 4.78 is 5.80. The first-order valence-electron chi connectivity index (χ1n) is 12.0. The van der Waals surface area contributed by atoms with Gasteiger partial charge in [0.1, 0.15) is 12.0 Å². The molecule has 188 valence electrons. The fourth-order valence-electron chi connectivity index (χ4n) is 5.70. The molecule has 1 fully saturated rings. The lowest BCUT2D eigenvalue weighted by molar-refractivity contribution is -0.151. The highest BCUT2D eigenvalue weighted by atomic mass is 35.5. The maximum Gasteiger partial charge on any atom is 0.325 e. The maximum absolute atomic E-state index is 13.7. The van der Waals surface area contributed by atoms with Crippen LogP contribution in [0.25, 0.3) is 0 Å². The van der Waals surface area contributed by atoms with Gasteiger partial charge >= 0.3 is 11.7 Å². The first-order valence-corrected chi connectivity index (χ1v) is 12.8. The molecule has 36 heavy (non-hydrogen) atoms. The van der Waals surface area contributed by atoms with Crippen LogP contribution in [0.4, 0.5) is 0 Å². The van der Waals surface area contributed by atoms with Gasteiger partial charge < -0.3 is 9.72 Å². The molecular weight excluding hydrogens is 505 g/mol. The van der Waals surface area contributed by atoms with Crippen molar-refractivity contribution in [2.45, 2.75) is 63.4 Å². The number of Topliss-reactive ketones (excluding diaryl/α,β-unsaturated/α-hetero) is 1. The van der Waals surface area contributed by atoms with Crippen molar-refractivity contribution in [3.8, 4) is 0 Å². The SMILES string of the molecule is CC1=NC2=C(C(=O)CC(c3c(Cl)cccc3Cl)C2)C(c2c[nH]c(=O)[nH]c2=O)C1C(=O)OC1CCCC1. The van der Waals surface area contributed by atoms with E-state index in [1.807, 2.05) is 0 Å². The molecule has 2 heterocycles. The van der Waals surface area contributed by atoms with E-state index >= 15 is 0 Å². The minimum Gasteiger partial charge on any atom is -0.462 e. The number of ketones is 1. The van der Waals surface area contributed by atoms with Gasteiger partial charge in [-0.1, -0.05) is 29.3 Å². The van der Waals surface area contributed by atoms with Crippen LogP contribution in [0.15, 0.2) is 50.2 Å². The molecule has 0 radical (unpaired) electrons. The van der Waals surface area contributed by atoms with E-state index in [9.17, 15) is 19.2 Å². The molecule has 0 saturated heterocycles. The summed E-state index contributed by atoms with van der Waals surface area (Å²) in [4.78, 5) is 61.1. The van der Waals surface area contributed by atoms with Gasteiger partial charge in [-0.05, 0) is 62.6 Å². The van der Waals surface area contributed by atoms with Crippen molar-refractivity contribution in [2.75, 3.05) is 0 Å². The Morgan fingerprint density at radius 1 is 1.08 bits per heavy atom. The van der Waals surface area contributed by atoms with Crippen molar-refractivity contribution in [1.82, 2.24) is 9.97 Å². The van der Waals surface area contributed by atoms with E-state index in [-0.39, 0.29) is 29.8 Å². The van der Waals surface area contributed by atoms with Crippen LogP contribution >= 0.6 is 23.2 Å². The first kappa shape index (κ1) is 24.7. The summed E-state index contributed by atoms with van der Waals surface area (Å²) in [6.07, 6.45) is 5.08. The number of allylic oxidation sites excluding steroid dienone is 2. The molecule has 1 saturated carbocycles. The first-order chi connectivity index (χ1) is 17.2. The number of nitrogens with zero attached hydrogens (tertiary/aromatic N) is 1. The van der Waals surface area contributed by atoms with Crippen molar-refractivity contribution >= 4 is 40.7 Å². The number of hydrogen-bond donors (Lipinski definition) is 2. The van der Waals surface area contributed by atoms with E-state index in [1.165, 1.54) is 6.20 Å². The molecular formula is C26H25Cl2N3O5. The second-order valence-corrected chi connectivity index (χ2v) is 10.4. The number of ether oxygens (including phenoxy) is 1. The molecule has 1 aromatic carbocycles. The number of hydrogen-bond acceptors (Lipinski definition) is 6. The Morgan fingerprint density at radius 3 is 2.44 bits per heavy atom. The lowest BCUT2D eigenvalue weighted by atomic mass is 9.69. The molecule has 1 aliphatic heterocycles. The fourth-order valence-corrected chi connectivity index (χ4v) is 6.41. The Labute approximate surface area is 216 Å². The van der Waals surface area contributed by atoms with Gasteiger partial charge in [-0.3, -0.25) is 24.4 Å². The van der Waals surface area contributed by atoms with Gasteiger partial charge in [0, 0.05) is 51.1 Å². The average Bonchev–Trinajstić information content (AvgIpc) is 3.31. The van der Waals surface area contributed by atoms with Crippen molar-refractivity contribution in [3.63, 3.8) is 0 Å². The number of carbonyl (C=O) groups is 2. The standard InChI is InChI=1S/C26H25Cl2N3O5/c1-12-20(25(34)36-14-5-2-3-6-14)22(15-11-29-26(35)31-24(15)33)23-18(30-12)9-13(10-19(23)32)21-16(27)7-4-8-17(21)28/h4,7-8,11,13-14,20,22H,2-3,5-6,9-10H2,1H3,(H2,29,31,33,35). The van der Waals surface area contributed by atoms with Crippen LogP contribution in [-0.2, 0) is 14.3 Å². The Morgan fingerprint density at radius 2 is 1.78 bits per heavy atom. The predicted octanol–water partition coefficient (Wildman–Crippen LogP) is 4.43. The minimum absolute atomic E-state index is 0.0962. The summed E-state index contributed by atoms with van der Waals surface area (Å²) in [5.74, 6) is -2.95. The number of esters is 1. The fraction of sp³-hybridized carbons (Fsp3) is 0.423. The third-order valence-corrected chi connectivity index (χ3v) is 7.98. The number of aliphatic imine (C=N–C) groups is 1. The molecule has 0 spiro atoms. The molecule has 0 amide bonds. The van der Waals surface area contributed by atoms with Crippen LogP contribution < -0.4 is 11.2 Å². The molecule has 3 aliphatic rings. The summed E-state index contributed by atoms with van der Waals surface area (Å²) in [6.45, 7) is 1.70. The Kier molecular flexibility index (Phi) is 6.74. The number of nitrogens with one attached hydrogen (secondary N) is 2. The summed E-state index contributed by atoms with van der Waals surface area (Å²) in [7, 11) is 0. The minimum atomic E-state index is -0.958. The summed E-state index contributed by atoms with van der Waals surface area (Å²) >= 11 is 12.9. The van der Waals surface area contributed by atoms with Gasteiger partial charge in [-0.25, -0.2) is 4.79 Å². The third kappa shape index (κ3) is 4.48. The zero-order valence-electron chi connectivity index (χ0n) is 19.6. The second-order valence-electron chi connectivity index (χ2n) is 9.60. The van der Waals surface area contributed by atoms with E-state index in [1.54, 1.807) is 25.1 Å². The largest absolute Gasteiger partial charge is 0.462 e. The highest BCUT2D eigenvalue weighted by molar-refractivity contribution is 6.36. The molecule has 1 aromatic heterocycles. The third-order valence-electron chi connectivity index (χ3n) is 7.32. The lowest BCUT2D eigenvalue weighted by Gasteiger charge is -2.36. The molecule has 0 bridgehead atoms. The van der Waals surface area contributed by atoms with Crippen LogP contribution in [0.1, 0.15) is 68.4 Å². The predicted molar refractivity (Wildman–Crippen MR) is 136 cm³/mol. The molecule has 5 rings (SSSR count). The molecule has 3 atom stereocenters. The van der Waals surface area contributed by atoms with Gasteiger partial charge in [0.05, 0.1) is 0 Å². The van der Waals surface area contributed by atoms with Crippen molar-refractivity contribution in [3.05, 3.63) is 77.7 Å². The number of carbonyl (C=O) groups excluding carboxylic acids is 2. The van der Waals surface area contributed by atoms with E-state index in [0.717, 1.165) is 25.7 Å². The summed E-state index contributed by atoms with van der Waals surface area (Å²) in [5, 5.41) is 0.931. The van der Waals surface area contributed by atoms with Crippen LogP contribution in [0.3, 0.4) is 0 Å². The topological polar surface area (TPSA) is 121 Å². The Bertz CT molecular complexity index is 1400. The number of aromatic nitrogens is 2. The molecule has 2 aliphatic carbocycles. The maximum atomic E-state index is 13.7. The van der Waals surface area contributed by atoms with Crippen LogP contribution in [-0.4, -0.2) is 33.5 Å². The van der Waals surface area contributed by atoms with Crippen molar-refractivity contribution in [2.24, 2.45) is 10.9 Å². The number of aromatic amines is 2. The van der Waals surface area contributed by atoms with Crippen molar-refractivity contribution < 1.29 is 14.3 Å². The van der Waals surface area contributed by atoms with Gasteiger partial charge in [-0.2, -0.15) is 0 Å². The van der Waals surface area contributed by atoms with Gasteiger partial charge in [0.25, 0.3) is 5.56 Å². The summed E-state index contributed by atoms with van der Waals surface area (Å²) in [6, 6.07) is 5.19. The van der Waals surface area contributed by atoms with Gasteiger partial charge in [-0.15, -0.1) is 0 Å².